The van der Waals surface area contributed by atoms with Crippen molar-refractivity contribution in [3.63, 3.8) is 0 Å². The fraction of sp³-hybridized carbons (Fsp3) is 0.750. The number of methoxy groups -OCH3 is 1. The minimum absolute atomic E-state index is 0.000891. The Kier molecular flexibility index (Phi) is 4.91. The molecule has 0 saturated heterocycles. The molecule has 2 aliphatic rings. The van der Waals surface area contributed by atoms with Gasteiger partial charge < -0.3 is 10.1 Å². The third-order valence-corrected chi connectivity index (χ3v) is 5.62. The van der Waals surface area contributed by atoms with Gasteiger partial charge in [-0.25, -0.2) is 4.98 Å². The van der Waals surface area contributed by atoms with Crippen LogP contribution in [0.2, 0.25) is 0 Å². The second-order valence-electron chi connectivity index (χ2n) is 6.21. The molecule has 3 rings (SSSR count). The zero-order valence-corrected chi connectivity index (χ0v) is 13.5. The van der Waals surface area contributed by atoms with E-state index in [1.807, 2.05) is 0 Å². The van der Waals surface area contributed by atoms with Gasteiger partial charge in [-0.1, -0.05) is 19.3 Å². The summed E-state index contributed by atoms with van der Waals surface area (Å²) in [4.78, 5) is 16.7. The van der Waals surface area contributed by atoms with E-state index in [1.54, 1.807) is 11.3 Å². The van der Waals surface area contributed by atoms with Crippen LogP contribution < -0.4 is 5.32 Å². The van der Waals surface area contributed by atoms with Crippen LogP contribution in [0.3, 0.4) is 0 Å². The van der Waals surface area contributed by atoms with Gasteiger partial charge in [0.1, 0.15) is 0 Å². The van der Waals surface area contributed by atoms with Crippen LogP contribution in [0.15, 0.2) is 5.38 Å². The van der Waals surface area contributed by atoms with Crippen LogP contribution in [-0.4, -0.2) is 24.1 Å². The van der Waals surface area contributed by atoms with Crippen molar-refractivity contribution >= 4 is 17.3 Å². The molecular weight excluding hydrogens is 284 g/mol. The monoisotopic (exact) mass is 308 g/mol. The standard InChI is InChI=1S/C16H24N2O2S/c1-20-16(19)13-5-3-2-4-6-14(13)17-9-12-10-21-15(18-12)11-7-8-11/h10-11,13-14,17H,2-9H2,1H3/t13-,14-/m0/s1. The van der Waals surface area contributed by atoms with Crippen LogP contribution in [0.4, 0.5) is 0 Å². The Morgan fingerprint density at radius 3 is 2.90 bits per heavy atom. The number of nitrogens with zero attached hydrogens (tertiary/aromatic N) is 1. The molecule has 0 aliphatic heterocycles. The minimum atomic E-state index is -0.0636. The average molecular weight is 308 g/mol. The summed E-state index contributed by atoms with van der Waals surface area (Å²) in [6.07, 6.45) is 8.12. The summed E-state index contributed by atoms with van der Waals surface area (Å²) in [5.41, 5.74) is 1.12. The number of ether oxygens (including phenoxy) is 1. The first kappa shape index (κ1) is 15.0. The molecule has 2 atom stereocenters. The molecule has 1 aromatic heterocycles. The number of esters is 1. The van der Waals surface area contributed by atoms with Crippen LogP contribution in [0, 0.1) is 5.92 Å². The first-order valence-electron chi connectivity index (χ1n) is 8.03. The molecule has 1 heterocycles. The normalized spacial score (nSPS) is 26.3. The summed E-state index contributed by atoms with van der Waals surface area (Å²) in [6, 6.07) is 0.228. The maximum absolute atomic E-state index is 12.0. The quantitative estimate of drug-likeness (QED) is 0.670. The number of carbonyl (C=O) groups is 1. The number of rotatable bonds is 5. The van der Waals surface area contributed by atoms with Gasteiger partial charge in [0.05, 0.1) is 23.7 Å². The zero-order valence-electron chi connectivity index (χ0n) is 12.6. The summed E-state index contributed by atoms with van der Waals surface area (Å²) in [5, 5.41) is 7.01. The van der Waals surface area contributed by atoms with Gasteiger partial charge in [-0.05, 0) is 25.7 Å². The number of nitrogens with one attached hydrogen (secondary N) is 1. The molecule has 116 valence electrons. The van der Waals surface area contributed by atoms with Crippen molar-refractivity contribution in [2.24, 2.45) is 5.92 Å². The van der Waals surface area contributed by atoms with Crippen LogP contribution in [-0.2, 0) is 16.1 Å². The van der Waals surface area contributed by atoms with Gasteiger partial charge in [0, 0.05) is 23.9 Å². The topological polar surface area (TPSA) is 51.2 Å². The highest BCUT2D eigenvalue weighted by molar-refractivity contribution is 7.09. The first-order valence-corrected chi connectivity index (χ1v) is 8.91. The van der Waals surface area contributed by atoms with Gasteiger partial charge >= 0.3 is 5.97 Å². The van der Waals surface area contributed by atoms with E-state index in [1.165, 1.54) is 37.8 Å². The van der Waals surface area contributed by atoms with Crippen LogP contribution >= 0.6 is 11.3 Å². The van der Waals surface area contributed by atoms with Crippen molar-refractivity contribution < 1.29 is 9.53 Å². The van der Waals surface area contributed by atoms with Crippen LogP contribution in [0.5, 0.6) is 0 Å². The van der Waals surface area contributed by atoms with Crippen molar-refractivity contribution in [3.05, 3.63) is 16.1 Å². The van der Waals surface area contributed by atoms with Crippen molar-refractivity contribution in [3.8, 4) is 0 Å². The summed E-state index contributed by atoms with van der Waals surface area (Å²) in [6.45, 7) is 0.765. The lowest BCUT2D eigenvalue weighted by atomic mass is 9.95. The minimum Gasteiger partial charge on any atom is -0.469 e. The summed E-state index contributed by atoms with van der Waals surface area (Å²) >= 11 is 1.78. The van der Waals surface area contributed by atoms with Gasteiger partial charge in [0.15, 0.2) is 0 Å². The number of thiazole rings is 1. The fourth-order valence-electron chi connectivity index (χ4n) is 3.14. The number of aromatic nitrogens is 1. The van der Waals surface area contributed by atoms with E-state index in [9.17, 15) is 4.79 Å². The fourth-order valence-corrected chi connectivity index (χ4v) is 4.13. The SMILES string of the molecule is COC(=O)[C@H]1CCCCC[C@@H]1NCc1csc(C2CC2)n1. The van der Waals surface area contributed by atoms with Crippen molar-refractivity contribution in [2.75, 3.05) is 7.11 Å². The molecule has 0 amide bonds. The van der Waals surface area contributed by atoms with E-state index < -0.39 is 0 Å². The Hall–Kier alpha value is -0.940. The number of carbonyl (C=O) groups excluding carboxylic acids is 1. The maximum atomic E-state index is 12.0. The molecule has 2 aliphatic carbocycles. The summed E-state index contributed by atoms with van der Waals surface area (Å²) < 4.78 is 4.98. The lowest BCUT2D eigenvalue weighted by Gasteiger charge is -2.23. The molecule has 0 aromatic carbocycles. The Labute approximate surface area is 130 Å². The molecule has 21 heavy (non-hydrogen) atoms. The molecule has 0 unspecified atom stereocenters. The van der Waals surface area contributed by atoms with Crippen molar-refractivity contribution in [1.82, 2.24) is 10.3 Å². The molecule has 0 spiro atoms. The smallest absolute Gasteiger partial charge is 0.310 e. The highest BCUT2D eigenvalue weighted by Crippen LogP contribution is 2.41. The molecule has 2 fully saturated rings. The Morgan fingerprint density at radius 2 is 2.14 bits per heavy atom. The third kappa shape index (κ3) is 3.83. The van der Waals surface area contributed by atoms with Gasteiger partial charge in [-0.3, -0.25) is 4.79 Å². The van der Waals surface area contributed by atoms with Gasteiger partial charge in [0.25, 0.3) is 0 Å². The predicted octanol–water partition coefficient (Wildman–Crippen LogP) is 3.23. The van der Waals surface area contributed by atoms with E-state index in [4.69, 9.17) is 9.72 Å². The Morgan fingerprint density at radius 1 is 1.33 bits per heavy atom. The Bertz CT molecular complexity index is 484. The number of hydrogen-bond acceptors (Lipinski definition) is 5. The molecule has 5 heteroatoms. The molecule has 1 aromatic rings. The molecular formula is C16H24N2O2S. The highest BCUT2D eigenvalue weighted by atomic mass is 32.1. The summed E-state index contributed by atoms with van der Waals surface area (Å²) in [5.74, 6) is 0.662. The van der Waals surface area contributed by atoms with E-state index in [-0.39, 0.29) is 17.9 Å². The lowest BCUT2D eigenvalue weighted by molar-refractivity contribution is -0.146. The zero-order chi connectivity index (χ0) is 14.7. The molecule has 0 radical (unpaired) electrons. The second kappa shape index (κ2) is 6.88. The van der Waals surface area contributed by atoms with Gasteiger partial charge in [-0.15, -0.1) is 11.3 Å². The van der Waals surface area contributed by atoms with E-state index >= 15 is 0 Å². The maximum Gasteiger partial charge on any atom is 0.310 e. The van der Waals surface area contributed by atoms with E-state index in [0.717, 1.165) is 37.4 Å². The molecule has 1 N–H and O–H groups in total. The highest BCUT2D eigenvalue weighted by Gasteiger charge is 2.30. The predicted molar refractivity (Wildman–Crippen MR) is 83.3 cm³/mol. The average Bonchev–Trinajstić information content (AvgIpc) is 3.29. The van der Waals surface area contributed by atoms with E-state index in [2.05, 4.69) is 10.7 Å². The van der Waals surface area contributed by atoms with Crippen LogP contribution in [0.1, 0.15) is 61.6 Å². The molecule has 0 bridgehead atoms. The van der Waals surface area contributed by atoms with Gasteiger partial charge in [-0.2, -0.15) is 0 Å². The summed E-state index contributed by atoms with van der Waals surface area (Å²) in [7, 11) is 1.49. The second-order valence-corrected chi connectivity index (χ2v) is 7.10. The number of hydrogen-bond donors (Lipinski definition) is 1. The van der Waals surface area contributed by atoms with Crippen LogP contribution in [0.25, 0.3) is 0 Å². The first-order chi connectivity index (χ1) is 10.3. The lowest BCUT2D eigenvalue weighted by Crippen LogP contribution is -2.39. The molecule has 4 nitrogen and oxygen atoms in total. The largest absolute Gasteiger partial charge is 0.469 e. The van der Waals surface area contributed by atoms with E-state index in [0.29, 0.717) is 0 Å². The third-order valence-electron chi connectivity index (χ3n) is 4.56. The van der Waals surface area contributed by atoms with Gasteiger partial charge in [0.2, 0.25) is 0 Å². The van der Waals surface area contributed by atoms with Crippen molar-refractivity contribution in [2.45, 2.75) is 63.5 Å². The van der Waals surface area contributed by atoms with Crippen molar-refractivity contribution in [1.29, 1.82) is 0 Å². The Balaban J connectivity index is 1.58. The molecule has 2 saturated carbocycles.